The minimum Gasteiger partial charge on any atom is -0.376 e. The van der Waals surface area contributed by atoms with E-state index in [1.54, 1.807) is 0 Å². The summed E-state index contributed by atoms with van der Waals surface area (Å²) in [6.45, 7) is 2.47. The Morgan fingerprint density at radius 1 is 0.615 bits per heavy atom. The maximum Gasteiger partial charge on any atom is 0.117 e. The van der Waals surface area contributed by atoms with Crippen LogP contribution in [0, 0.1) is 11.8 Å². The van der Waals surface area contributed by atoms with Gasteiger partial charge in [0.1, 0.15) is 12.2 Å². The first-order valence-corrected chi connectivity index (χ1v) is 9.14. The zero-order chi connectivity index (χ0) is 17.6. The van der Waals surface area contributed by atoms with Gasteiger partial charge in [-0.1, -0.05) is 72.8 Å². The molecule has 4 nitrogen and oxygen atoms in total. The summed E-state index contributed by atoms with van der Waals surface area (Å²) in [4.78, 5) is 10.9. The minimum atomic E-state index is -0.0684. The molecule has 2 bridgehead atoms. The third-order valence-electron chi connectivity index (χ3n) is 5.01. The fourth-order valence-corrected chi connectivity index (χ4v) is 3.54. The van der Waals surface area contributed by atoms with Gasteiger partial charge >= 0.3 is 0 Å². The highest BCUT2D eigenvalue weighted by atomic mass is 17.2. The van der Waals surface area contributed by atoms with E-state index in [9.17, 15) is 0 Å². The average Bonchev–Trinajstić information content (AvgIpc) is 2.71. The number of hydrogen-bond acceptors (Lipinski definition) is 4. The quantitative estimate of drug-likeness (QED) is 0.533. The molecule has 1 aliphatic carbocycles. The molecule has 4 atom stereocenters. The van der Waals surface area contributed by atoms with Gasteiger partial charge in [0, 0.05) is 11.8 Å². The van der Waals surface area contributed by atoms with Crippen LogP contribution >= 0.6 is 0 Å². The minimum absolute atomic E-state index is 0.0684. The van der Waals surface area contributed by atoms with E-state index >= 15 is 0 Å². The second kappa shape index (κ2) is 8.60. The van der Waals surface area contributed by atoms with Crippen molar-refractivity contribution in [2.45, 2.75) is 25.4 Å². The van der Waals surface area contributed by atoms with Crippen LogP contribution in [0.1, 0.15) is 11.1 Å². The van der Waals surface area contributed by atoms with Gasteiger partial charge in [0.2, 0.25) is 0 Å². The first-order valence-electron chi connectivity index (χ1n) is 9.14. The van der Waals surface area contributed by atoms with Gasteiger partial charge in [-0.15, -0.1) is 0 Å². The van der Waals surface area contributed by atoms with Crippen LogP contribution in [-0.4, -0.2) is 25.4 Å². The Bertz CT molecular complexity index is 639. The van der Waals surface area contributed by atoms with Gasteiger partial charge < -0.3 is 9.47 Å². The van der Waals surface area contributed by atoms with E-state index in [-0.39, 0.29) is 24.0 Å². The topological polar surface area (TPSA) is 36.9 Å². The Kier molecular flexibility index (Phi) is 5.77. The fourth-order valence-electron chi connectivity index (χ4n) is 3.54. The van der Waals surface area contributed by atoms with E-state index in [2.05, 4.69) is 36.4 Å². The van der Waals surface area contributed by atoms with Crippen LogP contribution in [-0.2, 0) is 32.5 Å². The molecular formula is C22H24O4. The van der Waals surface area contributed by atoms with Gasteiger partial charge in [-0.3, -0.25) is 0 Å². The molecule has 0 spiro atoms. The molecule has 26 heavy (non-hydrogen) atoms. The van der Waals surface area contributed by atoms with Crippen LogP contribution in [0.15, 0.2) is 72.8 Å². The molecule has 5 rings (SSSR count). The van der Waals surface area contributed by atoms with E-state index in [1.165, 1.54) is 11.1 Å². The van der Waals surface area contributed by atoms with E-state index in [4.69, 9.17) is 19.2 Å². The lowest BCUT2D eigenvalue weighted by Gasteiger charge is -2.43. The summed E-state index contributed by atoms with van der Waals surface area (Å²) in [5.41, 5.74) is 2.36. The molecule has 2 aromatic carbocycles. The third-order valence-corrected chi connectivity index (χ3v) is 5.01. The third kappa shape index (κ3) is 4.22. The standard InChI is InChI=1S/C22H24O4/c1-3-7-17(8-4-1)13-23-15-19-20(22-12-11-21(19)25-26-22)16-24-14-18-9-5-2-6-10-18/h1-12,19-22H,13-16H2/t19-,20+,21-,22+. The Morgan fingerprint density at radius 3 is 1.42 bits per heavy atom. The molecule has 0 N–H and O–H groups in total. The summed E-state index contributed by atoms with van der Waals surface area (Å²) in [5, 5.41) is 0. The smallest absolute Gasteiger partial charge is 0.117 e. The number of rotatable bonds is 8. The number of hydrogen-bond donors (Lipinski definition) is 0. The van der Waals surface area contributed by atoms with Crippen LogP contribution in [0.5, 0.6) is 0 Å². The van der Waals surface area contributed by atoms with Crippen LogP contribution in [0.25, 0.3) is 0 Å². The lowest BCUT2D eigenvalue weighted by Crippen LogP contribution is -2.49. The lowest BCUT2D eigenvalue weighted by molar-refractivity contribution is -0.393. The van der Waals surface area contributed by atoms with Crippen molar-refractivity contribution in [2.75, 3.05) is 13.2 Å². The molecule has 2 aliphatic heterocycles. The molecule has 2 aromatic rings. The first-order chi connectivity index (χ1) is 12.9. The van der Waals surface area contributed by atoms with Gasteiger partial charge in [-0.05, 0) is 11.1 Å². The largest absolute Gasteiger partial charge is 0.376 e. The Morgan fingerprint density at radius 2 is 1.04 bits per heavy atom. The normalized spacial score (nSPS) is 26.9. The second-order valence-electron chi connectivity index (χ2n) is 6.84. The Labute approximate surface area is 154 Å². The summed E-state index contributed by atoms with van der Waals surface area (Å²) in [6.07, 6.45) is 4.03. The fraction of sp³-hybridized carbons (Fsp3) is 0.364. The average molecular weight is 352 g/mol. The highest BCUT2D eigenvalue weighted by molar-refractivity contribution is 5.14. The van der Waals surface area contributed by atoms with E-state index in [0.29, 0.717) is 26.4 Å². The van der Waals surface area contributed by atoms with Crippen molar-refractivity contribution in [3.8, 4) is 0 Å². The second-order valence-corrected chi connectivity index (χ2v) is 6.84. The highest BCUT2D eigenvalue weighted by Gasteiger charge is 2.43. The summed E-state index contributed by atoms with van der Waals surface area (Å²) >= 11 is 0. The Balaban J connectivity index is 1.32. The van der Waals surface area contributed by atoms with E-state index < -0.39 is 0 Å². The maximum atomic E-state index is 5.98. The summed E-state index contributed by atoms with van der Waals surface area (Å²) in [5.74, 6) is 0.469. The zero-order valence-electron chi connectivity index (χ0n) is 14.7. The highest BCUT2D eigenvalue weighted by Crippen LogP contribution is 2.36. The van der Waals surface area contributed by atoms with Crippen molar-refractivity contribution in [2.24, 2.45) is 11.8 Å². The van der Waals surface area contributed by atoms with Crippen molar-refractivity contribution in [1.82, 2.24) is 0 Å². The monoisotopic (exact) mass is 352 g/mol. The molecule has 1 fully saturated rings. The predicted octanol–water partition coefficient (Wildman–Crippen LogP) is 3.92. The molecule has 0 saturated carbocycles. The van der Waals surface area contributed by atoms with Gasteiger partial charge in [0.05, 0.1) is 26.4 Å². The zero-order valence-corrected chi connectivity index (χ0v) is 14.7. The predicted molar refractivity (Wildman–Crippen MR) is 98.1 cm³/mol. The van der Waals surface area contributed by atoms with Crippen LogP contribution in [0.4, 0.5) is 0 Å². The Hall–Kier alpha value is -1.98. The lowest BCUT2D eigenvalue weighted by atomic mass is 9.79. The van der Waals surface area contributed by atoms with Crippen LogP contribution < -0.4 is 0 Å². The molecule has 2 heterocycles. The van der Waals surface area contributed by atoms with Gasteiger partial charge in [-0.2, -0.15) is 0 Å². The van der Waals surface area contributed by atoms with Crippen molar-refractivity contribution in [1.29, 1.82) is 0 Å². The summed E-state index contributed by atoms with van der Waals surface area (Å²) in [7, 11) is 0. The molecule has 4 heteroatoms. The van der Waals surface area contributed by atoms with Gasteiger partial charge in [0.25, 0.3) is 0 Å². The molecule has 136 valence electrons. The molecular weight excluding hydrogens is 328 g/mol. The molecule has 3 aliphatic rings. The number of benzene rings is 2. The number of fused-ring (bicyclic) bond motifs is 2. The van der Waals surface area contributed by atoms with Gasteiger partial charge in [0.15, 0.2) is 0 Å². The van der Waals surface area contributed by atoms with Crippen molar-refractivity contribution < 1.29 is 19.2 Å². The summed E-state index contributed by atoms with van der Waals surface area (Å²) in [6, 6.07) is 20.4. The molecule has 0 amide bonds. The first kappa shape index (κ1) is 17.4. The SMILES string of the molecule is C1=C[C@H]2OO[C@@H]1[C@@H](COCc1ccccc1)[C@H]2COCc1ccccc1. The van der Waals surface area contributed by atoms with Crippen LogP contribution in [0.3, 0.4) is 0 Å². The van der Waals surface area contributed by atoms with Crippen molar-refractivity contribution in [3.63, 3.8) is 0 Å². The molecule has 0 radical (unpaired) electrons. The van der Waals surface area contributed by atoms with Crippen molar-refractivity contribution >= 4 is 0 Å². The van der Waals surface area contributed by atoms with Crippen LogP contribution in [0.2, 0.25) is 0 Å². The van der Waals surface area contributed by atoms with E-state index in [1.807, 2.05) is 36.4 Å². The maximum absolute atomic E-state index is 5.98. The molecule has 1 saturated heterocycles. The molecule has 0 unspecified atom stereocenters. The van der Waals surface area contributed by atoms with E-state index in [0.717, 1.165) is 0 Å². The summed E-state index contributed by atoms with van der Waals surface area (Å²) < 4.78 is 12.0. The van der Waals surface area contributed by atoms with Gasteiger partial charge in [-0.25, -0.2) is 9.78 Å². The molecule has 0 aromatic heterocycles. The van der Waals surface area contributed by atoms with Crippen molar-refractivity contribution in [3.05, 3.63) is 83.9 Å². The number of ether oxygens (including phenoxy) is 2.